The van der Waals surface area contributed by atoms with E-state index in [2.05, 4.69) is 31.1 Å². The van der Waals surface area contributed by atoms with E-state index in [1.54, 1.807) is 0 Å². The number of thiocarbonyl (C=S) groups is 1. The van der Waals surface area contributed by atoms with Gasteiger partial charge in [-0.2, -0.15) is 0 Å². The number of hydrogen-bond acceptors (Lipinski definition) is 1. The molecule has 0 heterocycles. The number of hydrogen-bond donors (Lipinski definition) is 1. The molecule has 0 saturated heterocycles. The molecule has 1 fully saturated rings. The van der Waals surface area contributed by atoms with Crippen molar-refractivity contribution in [2.45, 2.75) is 32.7 Å². The van der Waals surface area contributed by atoms with Gasteiger partial charge in [-0.3, -0.25) is 0 Å². The third-order valence-electron chi connectivity index (χ3n) is 1.99. The standard InChI is InChI=1S/C9H18N2S/c1-7(2)10-9(12)11(3)6-8-4-5-8/h7-8H,4-6H2,1-3H3,(H,10,12). The Balaban J connectivity index is 2.19. The average molecular weight is 186 g/mol. The zero-order valence-corrected chi connectivity index (χ0v) is 8.95. The fourth-order valence-electron chi connectivity index (χ4n) is 1.13. The van der Waals surface area contributed by atoms with Crippen LogP contribution in [0.15, 0.2) is 0 Å². The Morgan fingerprint density at radius 3 is 2.58 bits per heavy atom. The molecule has 3 heteroatoms. The van der Waals surface area contributed by atoms with E-state index in [-0.39, 0.29) is 0 Å². The van der Waals surface area contributed by atoms with Gasteiger partial charge in [0.2, 0.25) is 0 Å². The summed E-state index contributed by atoms with van der Waals surface area (Å²) in [6, 6.07) is 0.444. The maximum atomic E-state index is 5.21. The van der Waals surface area contributed by atoms with Crippen LogP contribution < -0.4 is 5.32 Å². The minimum atomic E-state index is 0.444. The van der Waals surface area contributed by atoms with Crippen molar-refractivity contribution in [3.05, 3.63) is 0 Å². The van der Waals surface area contributed by atoms with E-state index in [1.165, 1.54) is 12.8 Å². The van der Waals surface area contributed by atoms with Gasteiger partial charge in [-0.15, -0.1) is 0 Å². The van der Waals surface area contributed by atoms with Gasteiger partial charge in [0.05, 0.1) is 0 Å². The zero-order chi connectivity index (χ0) is 9.14. The highest BCUT2D eigenvalue weighted by atomic mass is 32.1. The van der Waals surface area contributed by atoms with Gasteiger partial charge in [0.1, 0.15) is 0 Å². The van der Waals surface area contributed by atoms with Gasteiger partial charge in [0, 0.05) is 19.6 Å². The minimum Gasteiger partial charge on any atom is -0.360 e. The van der Waals surface area contributed by atoms with Crippen LogP contribution >= 0.6 is 12.2 Å². The topological polar surface area (TPSA) is 15.3 Å². The van der Waals surface area contributed by atoms with E-state index in [0.717, 1.165) is 17.6 Å². The van der Waals surface area contributed by atoms with Gasteiger partial charge in [0.15, 0.2) is 5.11 Å². The summed E-state index contributed by atoms with van der Waals surface area (Å²) in [6.07, 6.45) is 2.77. The van der Waals surface area contributed by atoms with E-state index in [1.807, 2.05) is 0 Å². The molecule has 0 aromatic carbocycles. The second-order valence-corrected chi connectivity index (χ2v) is 4.31. The third kappa shape index (κ3) is 3.39. The Morgan fingerprint density at radius 1 is 1.58 bits per heavy atom. The van der Waals surface area contributed by atoms with Gasteiger partial charge in [0.25, 0.3) is 0 Å². The van der Waals surface area contributed by atoms with Gasteiger partial charge in [-0.05, 0) is 44.8 Å². The van der Waals surface area contributed by atoms with Crippen molar-refractivity contribution in [1.29, 1.82) is 0 Å². The highest BCUT2D eigenvalue weighted by molar-refractivity contribution is 7.80. The molecule has 0 aliphatic heterocycles. The summed E-state index contributed by atoms with van der Waals surface area (Å²) in [6.45, 7) is 5.34. The molecular weight excluding hydrogens is 168 g/mol. The van der Waals surface area contributed by atoms with Crippen molar-refractivity contribution in [3.8, 4) is 0 Å². The van der Waals surface area contributed by atoms with Crippen LogP contribution in [0.5, 0.6) is 0 Å². The van der Waals surface area contributed by atoms with Crippen molar-refractivity contribution >= 4 is 17.3 Å². The Kier molecular flexibility index (Phi) is 3.32. The Bertz CT molecular complexity index is 164. The van der Waals surface area contributed by atoms with Crippen molar-refractivity contribution in [1.82, 2.24) is 10.2 Å². The number of rotatable bonds is 3. The summed E-state index contributed by atoms with van der Waals surface area (Å²) in [4.78, 5) is 2.15. The van der Waals surface area contributed by atoms with E-state index in [9.17, 15) is 0 Å². The lowest BCUT2D eigenvalue weighted by Crippen LogP contribution is -2.41. The Morgan fingerprint density at radius 2 is 2.17 bits per heavy atom. The quantitative estimate of drug-likeness (QED) is 0.674. The van der Waals surface area contributed by atoms with Crippen molar-refractivity contribution < 1.29 is 0 Å². The minimum absolute atomic E-state index is 0.444. The van der Waals surface area contributed by atoms with Crippen LogP contribution in [0, 0.1) is 5.92 Å². The first-order chi connectivity index (χ1) is 5.59. The van der Waals surface area contributed by atoms with E-state index in [0.29, 0.717) is 6.04 Å². The smallest absolute Gasteiger partial charge is 0.168 e. The average Bonchev–Trinajstić information content (AvgIpc) is 2.70. The summed E-state index contributed by atoms with van der Waals surface area (Å²) in [5, 5.41) is 4.12. The number of nitrogens with zero attached hydrogens (tertiary/aromatic N) is 1. The fourth-order valence-corrected chi connectivity index (χ4v) is 1.44. The molecule has 0 amide bonds. The molecule has 1 N–H and O–H groups in total. The first-order valence-electron chi connectivity index (χ1n) is 4.61. The van der Waals surface area contributed by atoms with E-state index < -0.39 is 0 Å². The van der Waals surface area contributed by atoms with E-state index >= 15 is 0 Å². The zero-order valence-electron chi connectivity index (χ0n) is 8.13. The fraction of sp³-hybridized carbons (Fsp3) is 0.889. The lowest BCUT2D eigenvalue weighted by molar-refractivity contribution is 0.460. The van der Waals surface area contributed by atoms with Crippen LogP contribution in [0.25, 0.3) is 0 Å². The van der Waals surface area contributed by atoms with Crippen LogP contribution in [-0.2, 0) is 0 Å². The molecule has 1 saturated carbocycles. The van der Waals surface area contributed by atoms with E-state index in [4.69, 9.17) is 12.2 Å². The maximum absolute atomic E-state index is 5.21. The predicted octanol–water partition coefficient (Wildman–Crippen LogP) is 1.61. The highest BCUT2D eigenvalue weighted by Gasteiger charge is 2.23. The molecule has 2 nitrogen and oxygen atoms in total. The Hall–Kier alpha value is -0.310. The van der Waals surface area contributed by atoms with Crippen LogP contribution in [0.4, 0.5) is 0 Å². The summed E-state index contributed by atoms with van der Waals surface area (Å²) in [5.41, 5.74) is 0. The molecular formula is C9H18N2S. The molecule has 70 valence electrons. The van der Waals surface area contributed by atoms with Gasteiger partial charge in [-0.1, -0.05) is 0 Å². The number of nitrogens with one attached hydrogen (secondary N) is 1. The lowest BCUT2D eigenvalue weighted by atomic mass is 10.4. The molecule has 0 aromatic rings. The first kappa shape index (κ1) is 9.78. The van der Waals surface area contributed by atoms with Crippen LogP contribution in [0.1, 0.15) is 26.7 Å². The molecule has 1 aliphatic carbocycles. The third-order valence-corrected chi connectivity index (χ3v) is 2.42. The first-order valence-corrected chi connectivity index (χ1v) is 5.02. The summed E-state index contributed by atoms with van der Waals surface area (Å²) in [5.74, 6) is 0.905. The molecule has 0 spiro atoms. The SMILES string of the molecule is CC(C)NC(=S)N(C)CC1CC1. The molecule has 0 radical (unpaired) electrons. The van der Waals surface area contributed by atoms with Gasteiger partial charge in [-0.25, -0.2) is 0 Å². The normalized spacial score (nSPS) is 16.3. The molecule has 12 heavy (non-hydrogen) atoms. The molecule has 0 bridgehead atoms. The second-order valence-electron chi connectivity index (χ2n) is 3.93. The van der Waals surface area contributed by atoms with Crippen LogP contribution in [0.2, 0.25) is 0 Å². The molecule has 0 aromatic heterocycles. The molecule has 1 rings (SSSR count). The van der Waals surface area contributed by atoms with Crippen molar-refractivity contribution in [2.75, 3.05) is 13.6 Å². The summed E-state index contributed by atoms with van der Waals surface area (Å²) in [7, 11) is 2.07. The predicted molar refractivity (Wildman–Crippen MR) is 56.2 cm³/mol. The summed E-state index contributed by atoms with van der Waals surface area (Å²) >= 11 is 5.21. The molecule has 0 atom stereocenters. The maximum Gasteiger partial charge on any atom is 0.168 e. The van der Waals surface area contributed by atoms with Gasteiger partial charge >= 0.3 is 0 Å². The monoisotopic (exact) mass is 186 g/mol. The van der Waals surface area contributed by atoms with Crippen LogP contribution in [0.3, 0.4) is 0 Å². The van der Waals surface area contributed by atoms with Crippen molar-refractivity contribution in [2.24, 2.45) is 5.92 Å². The Labute approximate surface area is 80.3 Å². The second kappa shape index (κ2) is 4.08. The van der Waals surface area contributed by atoms with Crippen molar-refractivity contribution in [3.63, 3.8) is 0 Å². The molecule has 0 unspecified atom stereocenters. The van der Waals surface area contributed by atoms with Crippen LogP contribution in [-0.4, -0.2) is 29.6 Å². The largest absolute Gasteiger partial charge is 0.360 e. The highest BCUT2D eigenvalue weighted by Crippen LogP contribution is 2.29. The van der Waals surface area contributed by atoms with Gasteiger partial charge < -0.3 is 10.2 Å². The summed E-state index contributed by atoms with van der Waals surface area (Å²) < 4.78 is 0. The molecule has 1 aliphatic rings. The lowest BCUT2D eigenvalue weighted by Gasteiger charge is -2.22.